The van der Waals surface area contributed by atoms with Crippen LogP contribution in [0, 0.1) is 0 Å². The summed E-state index contributed by atoms with van der Waals surface area (Å²) in [5.74, 6) is -1.17. The molecule has 28 heavy (non-hydrogen) atoms. The van der Waals surface area contributed by atoms with Crippen LogP contribution in [0.2, 0.25) is 0 Å². The predicted molar refractivity (Wildman–Crippen MR) is 98.0 cm³/mol. The third-order valence-corrected chi connectivity index (χ3v) is 4.44. The standard InChI is InChI=1S/C20H21NO7/c1-26-14-6-4-13(5-7-14)17-16(18(23)15-3-2-10-28-15)19(24)20(25)21(17)8-11-27-12-9-22/h2-7,10,17,22,24H,8-9,11-12H2,1H3/t17-/m0/s1. The summed E-state index contributed by atoms with van der Waals surface area (Å²) in [6, 6.07) is 9.12. The van der Waals surface area contributed by atoms with E-state index < -0.39 is 23.5 Å². The third kappa shape index (κ3) is 3.78. The van der Waals surface area contributed by atoms with Crippen LogP contribution in [0.5, 0.6) is 5.75 Å². The first-order valence-corrected chi connectivity index (χ1v) is 8.73. The van der Waals surface area contributed by atoms with Gasteiger partial charge in [0.2, 0.25) is 5.78 Å². The number of ether oxygens (including phenoxy) is 2. The minimum atomic E-state index is -0.797. The highest BCUT2D eigenvalue weighted by Crippen LogP contribution is 2.39. The van der Waals surface area contributed by atoms with Crippen molar-refractivity contribution in [1.82, 2.24) is 4.90 Å². The Kier molecular flexibility index (Phi) is 6.13. The number of aliphatic hydroxyl groups excluding tert-OH is 2. The molecule has 1 atom stereocenters. The van der Waals surface area contributed by atoms with Crippen LogP contribution in [0.15, 0.2) is 58.4 Å². The zero-order valence-corrected chi connectivity index (χ0v) is 15.3. The molecule has 0 radical (unpaired) electrons. The van der Waals surface area contributed by atoms with Crippen LogP contribution in [0.25, 0.3) is 0 Å². The predicted octanol–water partition coefficient (Wildman–Crippen LogP) is 1.88. The minimum Gasteiger partial charge on any atom is -0.503 e. The van der Waals surface area contributed by atoms with Crippen LogP contribution in [0.3, 0.4) is 0 Å². The first kappa shape index (κ1) is 19.7. The lowest BCUT2D eigenvalue weighted by Crippen LogP contribution is -2.34. The largest absolute Gasteiger partial charge is 0.503 e. The van der Waals surface area contributed by atoms with Gasteiger partial charge >= 0.3 is 0 Å². The summed E-state index contributed by atoms with van der Waals surface area (Å²) in [7, 11) is 1.54. The first-order valence-electron chi connectivity index (χ1n) is 8.73. The van der Waals surface area contributed by atoms with Gasteiger partial charge in [0.25, 0.3) is 5.91 Å². The Balaban J connectivity index is 1.96. The molecule has 1 aliphatic rings. The maximum atomic E-state index is 12.9. The number of furan rings is 1. The zero-order chi connectivity index (χ0) is 20.1. The number of hydrogen-bond donors (Lipinski definition) is 2. The van der Waals surface area contributed by atoms with Gasteiger partial charge in [0.15, 0.2) is 11.5 Å². The van der Waals surface area contributed by atoms with Crippen molar-refractivity contribution in [2.24, 2.45) is 0 Å². The topological polar surface area (TPSA) is 109 Å². The average Bonchev–Trinajstić information content (AvgIpc) is 3.33. The molecule has 1 aliphatic heterocycles. The number of benzene rings is 1. The SMILES string of the molecule is COc1ccc([C@H]2C(C(=O)c3ccco3)=C(O)C(=O)N2CCOCCO)cc1. The number of aliphatic hydroxyl groups is 2. The third-order valence-electron chi connectivity index (χ3n) is 4.44. The Labute approximate surface area is 161 Å². The van der Waals surface area contributed by atoms with E-state index in [-0.39, 0.29) is 37.7 Å². The van der Waals surface area contributed by atoms with Gasteiger partial charge in [-0.05, 0) is 29.8 Å². The number of ketones is 1. The number of nitrogens with zero attached hydrogens (tertiary/aromatic N) is 1. The van der Waals surface area contributed by atoms with Crippen molar-refractivity contribution < 1.29 is 33.7 Å². The number of hydrogen-bond acceptors (Lipinski definition) is 7. The highest BCUT2D eigenvalue weighted by atomic mass is 16.5. The van der Waals surface area contributed by atoms with Gasteiger partial charge in [0, 0.05) is 6.54 Å². The van der Waals surface area contributed by atoms with Gasteiger partial charge in [-0.15, -0.1) is 0 Å². The fourth-order valence-corrected chi connectivity index (χ4v) is 3.12. The smallest absolute Gasteiger partial charge is 0.290 e. The van der Waals surface area contributed by atoms with Crippen molar-refractivity contribution in [2.75, 3.05) is 33.5 Å². The molecule has 2 heterocycles. The van der Waals surface area contributed by atoms with E-state index >= 15 is 0 Å². The zero-order valence-electron chi connectivity index (χ0n) is 15.3. The maximum absolute atomic E-state index is 12.9. The van der Waals surface area contributed by atoms with Gasteiger partial charge in [-0.1, -0.05) is 12.1 Å². The Morgan fingerprint density at radius 1 is 1.21 bits per heavy atom. The van der Waals surface area contributed by atoms with E-state index in [1.54, 1.807) is 30.3 Å². The summed E-state index contributed by atoms with van der Waals surface area (Å²) >= 11 is 0. The summed E-state index contributed by atoms with van der Waals surface area (Å²) in [5, 5.41) is 19.3. The Bertz CT molecular complexity index is 855. The van der Waals surface area contributed by atoms with Crippen LogP contribution in [0.4, 0.5) is 0 Å². The van der Waals surface area contributed by atoms with Crippen LogP contribution >= 0.6 is 0 Å². The molecule has 0 aliphatic carbocycles. The van der Waals surface area contributed by atoms with Crippen molar-refractivity contribution in [3.63, 3.8) is 0 Å². The molecule has 0 spiro atoms. The van der Waals surface area contributed by atoms with Crippen LogP contribution in [-0.4, -0.2) is 60.3 Å². The second kappa shape index (κ2) is 8.73. The van der Waals surface area contributed by atoms with Crippen molar-refractivity contribution in [3.05, 3.63) is 65.3 Å². The molecule has 148 valence electrons. The molecule has 8 heteroatoms. The number of rotatable bonds is 9. The summed E-state index contributed by atoms with van der Waals surface area (Å²) in [6.45, 7) is 0.275. The average molecular weight is 387 g/mol. The van der Waals surface area contributed by atoms with E-state index in [4.69, 9.17) is 19.0 Å². The van der Waals surface area contributed by atoms with E-state index in [0.29, 0.717) is 11.3 Å². The van der Waals surface area contributed by atoms with E-state index in [1.807, 2.05) is 0 Å². The number of Topliss-reactive ketones (excluding diaryl/α,β-unsaturated/α-hetero) is 1. The molecule has 1 aromatic carbocycles. The number of carbonyl (C=O) groups excluding carboxylic acids is 2. The normalized spacial score (nSPS) is 16.7. The van der Waals surface area contributed by atoms with Gasteiger partial charge < -0.3 is 29.0 Å². The quantitative estimate of drug-likeness (QED) is 0.499. The van der Waals surface area contributed by atoms with Crippen molar-refractivity contribution in [2.45, 2.75) is 6.04 Å². The number of amides is 1. The van der Waals surface area contributed by atoms with E-state index in [1.165, 1.54) is 24.3 Å². The number of methoxy groups -OCH3 is 1. The highest BCUT2D eigenvalue weighted by molar-refractivity contribution is 6.15. The second-order valence-corrected chi connectivity index (χ2v) is 6.08. The van der Waals surface area contributed by atoms with Crippen molar-refractivity contribution in [1.29, 1.82) is 0 Å². The molecule has 1 amide bonds. The van der Waals surface area contributed by atoms with Crippen LogP contribution < -0.4 is 4.74 Å². The monoisotopic (exact) mass is 387 g/mol. The van der Waals surface area contributed by atoms with Gasteiger partial charge in [-0.3, -0.25) is 9.59 Å². The molecule has 2 N–H and O–H groups in total. The molecule has 0 unspecified atom stereocenters. The Morgan fingerprint density at radius 2 is 1.96 bits per heavy atom. The van der Waals surface area contributed by atoms with Gasteiger partial charge in [-0.2, -0.15) is 0 Å². The fraction of sp³-hybridized carbons (Fsp3) is 0.300. The molecular formula is C20H21NO7. The second-order valence-electron chi connectivity index (χ2n) is 6.08. The van der Waals surface area contributed by atoms with Gasteiger partial charge in [0.1, 0.15) is 5.75 Å². The molecular weight excluding hydrogens is 366 g/mol. The van der Waals surface area contributed by atoms with E-state index in [2.05, 4.69) is 0 Å². The lowest BCUT2D eigenvalue weighted by atomic mass is 9.95. The van der Waals surface area contributed by atoms with Crippen LogP contribution in [-0.2, 0) is 9.53 Å². The molecule has 2 aromatic rings. The fourth-order valence-electron chi connectivity index (χ4n) is 3.12. The molecule has 8 nitrogen and oxygen atoms in total. The molecule has 0 saturated carbocycles. The van der Waals surface area contributed by atoms with E-state index in [0.717, 1.165) is 0 Å². The maximum Gasteiger partial charge on any atom is 0.290 e. The lowest BCUT2D eigenvalue weighted by Gasteiger charge is -2.26. The summed E-state index contributed by atoms with van der Waals surface area (Å²) in [5.41, 5.74) is 0.586. The minimum absolute atomic E-state index is 0.0336. The molecule has 0 fully saturated rings. The molecule has 0 saturated heterocycles. The first-order chi connectivity index (χ1) is 13.6. The highest BCUT2D eigenvalue weighted by Gasteiger charge is 2.44. The lowest BCUT2D eigenvalue weighted by molar-refractivity contribution is -0.130. The molecule has 0 bridgehead atoms. The van der Waals surface area contributed by atoms with Gasteiger partial charge in [-0.25, -0.2) is 0 Å². The van der Waals surface area contributed by atoms with E-state index in [9.17, 15) is 14.7 Å². The number of carbonyl (C=O) groups is 2. The van der Waals surface area contributed by atoms with Gasteiger partial charge in [0.05, 0.1) is 44.8 Å². The Hall–Kier alpha value is -3.10. The molecule has 3 rings (SSSR count). The Morgan fingerprint density at radius 3 is 2.57 bits per heavy atom. The van der Waals surface area contributed by atoms with Crippen molar-refractivity contribution >= 4 is 11.7 Å². The van der Waals surface area contributed by atoms with Crippen LogP contribution in [0.1, 0.15) is 22.2 Å². The molecule has 1 aromatic heterocycles. The summed E-state index contributed by atoms with van der Waals surface area (Å²) < 4.78 is 15.6. The summed E-state index contributed by atoms with van der Waals surface area (Å²) in [6.07, 6.45) is 1.35. The van der Waals surface area contributed by atoms with Crippen molar-refractivity contribution in [3.8, 4) is 5.75 Å². The summed E-state index contributed by atoms with van der Waals surface area (Å²) in [4.78, 5) is 26.9.